The molecule has 5 heterocycles. The fourth-order valence-corrected chi connectivity index (χ4v) is 5.91. The van der Waals surface area contributed by atoms with Crippen molar-refractivity contribution >= 4 is 6.01 Å². The second-order valence-electron chi connectivity index (χ2n) is 9.80. The zero-order valence-corrected chi connectivity index (χ0v) is 18.7. The molecule has 1 spiro atoms. The third-order valence-electron chi connectivity index (χ3n) is 7.70. The maximum absolute atomic E-state index is 6.43. The first-order chi connectivity index (χ1) is 15.8. The van der Waals surface area contributed by atoms with Crippen LogP contribution in [0.15, 0.2) is 41.1 Å². The van der Waals surface area contributed by atoms with Crippen molar-refractivity contribution in [1.29, 1.82) is 0 Å². The molecular weight excluding hydrogens is 406 g/mol. The highest BCUT2D eigenvalue weighted by Gasteiger charge is 2.52. The molecule has 0 saturated carbocycles. The predicted molar refractivity (Wildman–Crippen MR) is 120 cm³/mol. The van der Waals surface area contributed by atoms with E-state index in [0.717, 1.165) is 71.0 Å². The predicted octanol–water partition coefficient (Wildman–Crippen LogP) is 3.46. The number of likely N-dealkylation sites (tertiary alicyclic amines) is 1. The molecule has 1 atom stereocenters. The van der Waals surface area contributed by atoms with Gasteiger partial charge in [-0.1, -0.05) is 18.2 Å². The van der Waals surface area contributed by atoms with E-state index in [4.69, 9.17) is 18.6 Å². The van der Waals surface area contributed by atoms with E-state index in [1.807, 2.05) is 0 Å². The molecule has 7 nitrogen and oxygen atoms in total. The average Bonchev–Trinajstić information content (AvgIpc) is 3.50. The SMILES string of the molecule is c1ccc(C2CCN(C3COC4(C3)CN(c3ncco3)C4)CC2)c(OC2CCOCC2)c1. The Hall–Kier alpha value is -2.09. The quantitative estimate of drug-likeness (QED) is 0.707. The van der Waals surface area contributed by atoms with Crippen LogP contribution in [0.25, 0.3) is 0 Å². The maximum Gasteiger partial charge on any atom is 0.297 e. The number of nitrogens with zero attached hydrogens (tertiary/aromatic N) is 3. The summed E-state index contributed by atoms with van der Waals surface area (Å²) in [4.78, 5) is 9.08. The molecule has 0 radical (unpaired) electrons. The summed E-state index contributed by atoms with van der Waals surface area (Å²) in [5, 5.41) is 0. The van der Waals surface area contributed by atoms with Gasteiger partial charge < -0.3 is 23.5 Å². The van der Waals surface area contributed by atoms with Crippen LogP contribution < -0.4 is 9.64 Å². The molecular formula is C25H33N3O4. The third-order valence-corrected chi connectivity index (χ3v) is 7.70. The van der Waals surface area contributed by atoms with Crippen LogP contribution in [0.2, 0.25) is 0 Å². The van der Waals surface area contributed by atoms with E-state index >= 15 is 0 Å². The van der Waals surface area contributed by atoms with E-state index in [1.165, 1.54) is 18.4 Å². The Morgan fingerprint density at radius 2 is 1.84 bits per heavy atom. The Morgan fingerprint density at radius 3 is 2.62 bits per heavy atom. The van der Waals surface area contributed by atoms with Crippen molar-refractivity contribution in [3.8, 4) is 5.75 Å². The fraction of sp³-hybridized carbons (Fsp3) is 0.640. The fourth-order valence-electron chi connectivity index (χ4n) is 5.91. The zero-order chi connectivity index (χ0) is 21.4. The Bertz CT molecular complexity index is 884. The molecule has 0 aliphatic carbocycles. The number of hydrogen-bond donors (Lipinski definition) is 0. The number of anilines is 1. The van der Waals surface area contributed by atoms with Crippen LogP contribution in [-0.2, 0) is 9.47 Å². The number of aromatic nitrogens is 1. The third kappa shape index (κ3) is 4.02. The highest BCUT2D eigenvalue weighted by atomic mass is 16.5. The van der Waals surface area contributed by atoms with Gasteiger partial charge in [-0.15, -0.1) is 0 Å². The highest BCUT2D eigenvalue weighted by Crippen LogP contribution is 2.41. The first-order valence-corrected chi connectivity index (χ1v) is 12.1. The molecule has 2 aromatic rings. The molecule has 7 heteroatoms. The van der Waals surface area contributed by atoms with Crippen molar-refractivity contribution in [1.82, 2.24) is 9.88 Å². The van der Waals surface area contributed by atoms with Crippen LogP contribution in [0.5, 0.6) is 5.75 Å². The molecule has 32 heavy (non-hydrogen) atoms. The first kappa shape index (κ1) is 20.5. The lowest BCUT2D eigenvalue weighted by Gasteiger charge is -2.46. The molecule has 4 aliphatic rings. The van der Waals surface area contributed by atoms with Gasteiger partial charge in [0.25, 0.3) is 6.01 Å². The zero-order valence-electron chi connectivity index (χ0n) is 18.7. The molecule has 1 unspecified atom stereocenters. The van der Waals surface area contributed by atoms with Gasteiger partial charge in [0.15, 0.2) is 0 Å². The molecule has 0 N–H and O–H groups in total. The number of para-hydroxylation sites is 1. The maximum atomic E-state index is 6.43. The molecule has 4 saturated heterocycles. The van der Waals surface area contributed by atoms with E-state index in [0.29, 0.717) is 18.0 Å². The molecule has 1 aromatic carbocycles. The summed E-state index contributed by atoms with van der Waals surface area (Å²) in [6.07, 6.45) is 9.08. The Labute approximate surface area is 189 Å². The number of benzene rings is 1. The first-order valence-electron chi connectivity index (χ1n) is 12.1. The number of oxazole rings is 1. The minimum absolute atomic E-state index is 0.0138. The van der Waals surface area contributed by atoms with Crippen LogP contribution >= 0.6 is 0 Å². The van der Waals surface area contributed by atoms with E-state index in [-0.39, 0.29) is 11.7 Å². The van der Waals surface area contributed by atoms with Crippen molar-refractivity contribution in [3.05, 3.63) is 42.3 Å². The largest absolute Gasteiger partial charge is 0.490 e. The molecule has 4 fully saturated rings. The van der Waals surface area contributed by atoms with Gasteiger partial charge in [0.1, 0.15) is 23.7 Å². The van der Waals surface area contributed by atoms with Crippen molar-refractivity contribution < 1.29 is 18.6 Å². The summed E-state index contributed by atoms with van der Waals surface area (Å²) in [5.41, 5.74) is 1.37. The van der Waals surface area contributed by atoms with Gasteiger partial charge in [-0.2, -0.15) is 0 Å². The summed E-state index contributed by atoms with van der Waals surface area (Å²) in [6, 6.07) is 9.92. The topological polar surface area (TPSA) is 60.2 Å². The Kier molecular flexibility index (Phi) is 5.57. The monoisotopic (exact) mass is 439 g/mol. The van der Waals surface area contributed by atoms with Gasteiger partial charge in [0, 0.05) is 18.9 Å². The van der Waals surface area contributed by atoms with Crippen molar-refractivity contribution in [2.75, 3.05) is 50.9 Å². The van der Waals surface area contributed by atoms with Gasteiger partial charge in [0.2, 0.25) is 0 Å². The highest BCUT2D eigenvalue weighted by molar-refractivity contribution is 5.37. The normalized spacial score (nSPS) is 27.0. The summed E-state index contributed by atoms with van der Waals surface area (Å²) in [7, 11) is 0. The van der Waals surface area contributed by atoms with Crippen LogP contribution in [0.3, 0.4) is 0 Å². The number of hydrogen-bond acceptors (Lipinski definition) is 7. The van der Waals surface area contributed by atoms with Gasteiger partial charge in [-0.25, -0.2) is 4.98 Å². The molecule has 0 amide bonds. The van der Waals surface area contributed by atoms with Crippen molar-refractivity contribution in [2.45, 2.75) is 55.8 Å². The lowest BCUT2D eigenvalue weighted by atomic mass is 9.86. The lowest BCUT2D eigenvalue weighted by Crippen LogP contribution is -2.62. The number of ether oxygens (including phenoxy) is 3. The summed E-state index contributed by atoms with van der Waals surface area (Å²) >= 11 is 0. The average molecular weight is 440 g/mol. The lowest BCUT2D eigenvalue weighted by molar-refractivity contribution is -0.0215. The molecule has 172 valence electrons. The Morgan fingerprint density at radius 1 is 1.03 bits per heavy atom. The van der Waals surface area contributed by atoms with E-state index < -0.39 is 0 Å². The summed E-state index contributed by atoms with van der Waals surface area (Å²) in [6.45, 7) is 6.49. The minimum atomic E-state index is -0.0138. The van der Waals surface area contributed by atoms with Crippen molar-refractivity contribution in [2.24, 2.45) is 0 Å². The van der Waals surface area contributed by atoms with Gasteiger partial charge >= 0.3 is 0 Å². The van der Waals surface area contributed by atoms with Crippen LogP contribution in [0.4, 0.5) is 6.01 Å². The van der Waals surface area contributed by atoms with Crippen LogP contribution in [0.1, 0.15) is 43.6 Å². The second-order valence-corrected chi connectivity index (χ2v) is 9.80. The summed E-state index contributed by atoms with van der Waals surface area (Å²) in [5.74, 6) is 1.66. The smallest absolute Gasteiger partial charge is 0.297 e. The molecule has 4 aliphatic heterocycles. The van der Waals surface area contributed by atoms with Crippen LogP contribution in [-0.4, -0.2) is 73.6 Å². The van der Waals surface area contributed by atoms with Crippen LogP contribution in [0, 0.1) is 0 Å². The second kappa shape index (κ2) is 8.69. The van der Waals surface area contributed by atoms with E-state index in [2.05, 4.69) is 39.0 Å². The number of rotatable bonds is 5. The van der Waals surface area contributed by atoms with Gasteiger partial charge in [-0.3, -0.25) is 4.90 Å². The minimum Gasteiger partial charge on any atom is -0.490 e. The van der Waals surface area contributed by atoms with Gasteiger partial charge in [0.05, 0.1) is 39.1 Å². The molecule has 6 rings (SSSR count). The molecule has 1 aromatic heterocycles. The summed E-state index contributed by atoms with van der Waals surface area (Å²) < 4.78 is 23.6. The van der Waals surface area contributed by atoms with E-state index in [1.54, 1.807) is 12.5 Å². The Balaban J connectivity index is 1.03. The van der Waals surface area contributed by atoms with E-state index in [9.17, 15) is 0 Å². The standard InChI is InChI=1S/C25H33N3O4/c1-2-4-23(32-21-7-12-29-13-8-21)22(3-1)19-5-10-27(11-6-19)20-15-25(31-16-20)17-28(18-25)24-26-9-14-30-24/h1-4,9,14,19-21H,5-8,10-13,15-18H2. The molecule has 0 bridgehead atoms. The van der Waals surface area contributed by atoms with Crippen molar-refractivity contribution in [3.63, 3.8) is 0 Å². The van der Waals surface area contributed by atoms with Gasteiger partial charge in [-0.05, 0) is 49.9 Å². The number of piperidine rings is 1.